The fourth-order valence-electron chi connectivity index (χ4n) is 4.43. The Kier molecular flexibility index (Phi) is 5.26. The molecule has 0 atom stereocenters. The second-order valence-corrected chi connectivity index (χ2v) is 10.2. The predicted molar refractivity (Wildman–Crippen MR) is 136 cm³/mol. The molecule has 5 nitrogen and oxygen atoms in total. The minimum absolute atomic E-state index is 0.363. The van der Waals surface area contributed by atoms with Gasteiger partial charge in [0.1, 0.15) is 5.75 Å². The van der Waals surface area contributed by atoms with Gasteiger partial charge < -0.3 is 9.30 Å². The molecule has 0 spiro atoms. The van der Waals surface area contributed by atoms with Crippen molar-refractivity contribution in [3.63, 3.8) is 0 Å². The fraction of sp³-hybridized carbons (Fsp3) is 0.154. The molecule has 2 aromatic heterocycles. The van der Waals surface area contributed by atoms with Gasteiger partial charge in [-0.1, -0.05) is 28.1 Å². The van der Waals surface area contributed by atoms with E-state index in [0.717, 1.165) is 47.5 Å². The SMILES string of the molecule is COc1ccc2c(c1)c(C1=C(c3cc(-c4ccc(Br)cc4)sc3C)C(=O)NC1=O)c(C)n2C. The lowest BCUT2D eigenvalue weighted by Gasteiger charge is -2.06. The van der Waals surface area contributed by atoms with Crippen LogP contribution in [0.1, 0.15) is 21.7 Å². The molecule has 0 radical (unpaired) electrons. The summed E-state index contributed by atoms with van der Waals surface area (Å²) >= 11 is 5.09. The zero-order valence-electron chi connectivity index (χ0n) is 18.6. The highest BCUT2D eigenvalue weighted by atomic mass is 79.9. The van der Waals surface area contributed by atoms with E-state index in [0.29, 0.717) is 16.9 Å². The van der Waals surface area contributed by atoms with Gasteiger partial charge in [-0.15, -0.1) is 11.3 Å². The van der Waals surface area contributed by atoms with Crippen molar-refractivity contribution in [2.24, 2.45) is 7.05 Å². The Balaban J connectivity index is 1.77. The van der Waals surface area contributed by atoms with Crippen LogP contribution in [0.15, 0.2) is 53.0 Å². The normalized spacial score (nSPS) is 13.8. The van der Waals surface area contributed by atoms with Crippen LogP contribution in [0, 0.1) is 13.8 Å². The number of thiophene rings is 1. The van der Waals surface area contributed by atoms with Crippen LogP contribution in [0.5, 0.6) is 5.75 Å². The van der Waals surface area contributed by atoms with Crippen LogP contribution < -0.4 is 10.1 Å². The number of rotatable bonds is 4. The van der Waals surface area contributed by atoms with Crippen molar-refractivity contribution >= 4 is 61.1 Å². The van der Waals surface area contributed by atoms with Gasteiger partial charge >= 0.3 is 0 Å². The highest BCUT2D eigenvalue weighted by Gasteiger charge is 2.36. The molecule has 2 amide bonds. The Labute approximate surface area is 203 Å². The van der Waals surface area contributed by atoms with E-state index in [4.69, 9.17) is 4.74 Å². The third kappa shape index (κ3) is 3.43. The van der Waals surface area contributed by atoms with E-state index in [1.165, 1.54) is 0 Å². The van der Waals surface area contributed by atoms with Gasteiger partial charge in [-0.2, -0.15) is 0 Å². The minimum atomic E-state index is -0.371. The summed E-state index contributed by atoms with van der Waals surface area (Å²) in [7, 11) is 3.58. The molecule has 5 rings (SSSR count). The third-order valence-electron chi connectivity index (χ3n) is 6.20. The maximum Gasteiger partial charge on any atom is 0.259 e. The van der Waals surface area contributed by atoms with E-state index >= 15 is 0 Å². The Morgan fingerprint density at radius 1 is 0.970 bits per heavy atom. The number of aryl methyl sites for hydroxylation is 2. The number of carbonyl (C=O) groups excluding carboxylic acids is 2. The van der Waals surface area contributed by atoms with Crippen molar-refractivity contribution in [2.45, 2.75) is 13.8 Å². The van der Waals surface area contributed by atoms with Crippen LogP contribution >= 0.6 is 27.3 Å². The molecule has 1 aliphatic heterocycles. The summed E-state index contributed by atoms with van der Waals surface area (Å²) in [5.74, 6) is -0.0350. The first-order valence-corrected chi connectivity index (χ1v) is 12.0. The molecule has 0 saturated carbocycles. The number of methoxy groups -OCH3 is 1. The van der Waals surface area contributed by atoms with Crippen molar-refractivity contribution in [3.05, 3.63) is 74.7 Å². The van der Waals surface area contributed by atoms with E-state index in [9.17, 15) is 9.59 Å². The Bertz CT molecular complexity index is 1490. The van der Waals surface area contributed by atoms with Crippen LogP contribution in [-0.2, 0) is 16.6 Å². The molecule has 2 aromatic carbocycles. The standard InChI is InChI=1S/C26H21BrN2O3S/c1-13-22(19-11-17(32-4)9-10-20(19)29(13)3)24-23(25(30)28-26(24)31)18-12-21(33-14(18)2)15-5-7-16(27)8-6-15/h5-12H,1-4H3,(H,28,30,31). The highest BCUT2D eigenvalue weighted by molar-refractivity contribution is 9.10. The second kappa shape index (κ2) is 8.01. The number of carbonyl (C=O) groups is 2. The van der Waals surface area contributed by atoms with Gasteiger partial charge in [-0.25, -0.2) is 0 Å². The summed E-state index contributed by atoms with van der Waals surface area (Å²) in [5.41, 5.74) is 5.35. The molecule has 0 aliphatic carbocycles. The molecular weight excluding hydrogens is 500 g/mol. The quantitative estimate of drug-likeness (QED) is 0.342. The number of imide groups is 1. The average molecular weight is 521 g/mol. The second-order valence-electron chi connectivity index (χ2n) is 8.02. The van der Waals surface area contributed by atoms with Gasteiger partial charge in [-0.3, -0.25) is 14.9 Å². The number of hydrogen-bond donors (Lipinski definition) is 1. The van der Waals surface area contributed by atoms with Crippen LogP contribution in [0.4, 0.5) is 0 Å². The summed E-state index contributed by atoms with van der Waals surface area (Å²) in [6, 6.07) is 15.9. The lowest BCUT2D eigenvalue weighted by molar-refractivity contribution is -0.122. The number of ether oxygens (including phenoxy) is 1. The smallest absolute Gasteiger partial charge is 0.259 e. The monoisotopic (exact) mass is 520 g/mol. The largest absolute Gasteiger partial charge is 0.497 e. The first-order valence-electron chi connectivity index (χ1n) is 10.4. The van der Waals surface area contributed by atoms with Crippen molar-refractivity contribution in [3.8, 4) is 16.2 Å². The zero-order chi connectivity index (χ0) is 23.4. The Hall–Kier alpha value is -3.16. The molecule has 33 heavy (non-hydrogen) atoms. The minimum Gasteiger partial charge on any atom is -0.497 e. The first kappa shape index (κ1) is 21.7. The number of benzene rings is 2. The van der Waals surface area contributed by atoms with Crippen molar-refractivity contribution in [1.29, 1.82) is 0 Å². The van der Waals surface area contributed by atoms with Crippen LogP contribution in [-0.4, -0.2) is 23.5 Å². The van der Waals surface area contributed by atoms with E-state index in [2.05, 4.69) is 21.2 Å². The van der Waals surface area contributed by atoms with Crippen molar-refractivity contribution < 1.29 is 14.3 Å². The summed E-state index contributed by atoms with van der Waals surface area (Å²) in [4.78, 5) is 28.2. The fourth-order valence-corrected chi connectivity index (χ4v) is 5.73. The maximum absolute atomic E-state index is 13.1. The number of hydrogen-bond acceptors (Lipinski definition) is 4. The summed E-state index contributed by atoms with van der Waals surface area (Å²) in [5, 5.41) is 3.42. The molecule has 0 fully saturated rings. The molecular formula is C26H21BrN2O3S. The molecule has 3 heterocycles. The number of nitrogens with one attached hydrogen (secondary N) is 1. The molecule has 7 heteroatoms. The Morgan fingerprint density at radius 3 is 2.36 bits per heavy atom. The summed E-state index contributed by atoms with van der Waals surface area (Å²) < 4.78 is 8.48. The molecule has 0 saturated heterocycles. The number of amides is 2. The van der Waals surface area contributed by atoms with Gasteiger partial charge in [0.25, 0.3) is 11.8 Å². The molecule has 1 aliphatic rings. The maximum atomic E-state index is 13.1. The van der Waals surface area contributed by atoms with Crippen LogP contribution in [0.3, 0.4) is 0 Å². The number of fused-ring (bicyclic) bond motifs is 1. The van der Waals surface area contributed by atoms with Crippen molar-refractivity contribution in [1.82, 2.24) is 9.88 Å². The topological polar surface area (TPSA) is 60.3 Å². The van der Waals surface area contributed by atoms with Gasteiger partial charge in [0.2, 0.25) is 0 Å². The number of nitrogens with zero attached hydrogens (tertiary/aromatic N) is 1. The van der Waals surface area contributed by atoms with E-state index in [1.54, 1.807) is 18.4 Å². The highest BCUT2D eigenvalue weighted by Crippen LogP contribution is 2.42. The zero-order valence-corrected chi connectivity index (χ0v) is 21.0. The van der Waals surface area contributed by atoms with Crippen LogP contribution in [0.25, 0.3) is 32.5 Å². The predicted octanol–water partition coefficient (Wildman–Crippen LogP) is 5.86. The Morgan fingerprint density at radius 2 is 1.67 bits per heavy atom. The lowest BCUT2D eigenvalue weighted by Crippen LogP contribution is -2.22. The van der Waals surface area contributed by atoms with Gasteiger partial charge in [0.05, 0.1) is 18.3 Å². The average Bonchev–Trinajstić information content (AvgIpc) is 3.39. The van der Waals surface area contributed by atoms with Gasteiger partial charge in [0.15, 0.2) is 0 Å². The molecule has 0 unspecified atom stereocenters. The van der Waals surface area contributed by atoms with E-state index < -0.39 is 0 Å². The number of aromatic nitrogens is 1. The van der Waals surface area contributed by atoms with Crippen LogP contribution in [0.2, 0.25) is 0 Å². The molecule has 4 aromatic rings. The van der Waals surface area contributed by atoms with E-state index in [-0.39, 0.29) is 11.8 Å². The van der Waals surface area contributed by atoms with Gasteiger partial charge in [0, 0.05) is 49.0 Å². The van der Waals surface area contributed by atoms with Crippen molar-refractivity contribution in [2.75, 3.05) is 7.11 Å². The number of halogens is 1. The van der Waals surface area contributed by atoms with E-state index in [1.807, 2.05) is 74.0 Å². The molecule has 166 valence electrons. The lowest BCUT2D eigenvalue weighted by atomic mass is 9.94. The molecule has 1 N–H and O–H groups in total. The summed E-state index contributed by atoms with van der Waals surface area (Å²) in [6.45, 7) is 3.96. The third-order valence-corrected chi connectivity index (χ3v) is 7.82. The van der Waals surface area contributed by atoms with Gasteiger partial charge in [-0.05, 0) is 55.8 Å². The molecule has 0 bridgehead atoms. The first-order chi connectivity index (χ1) is 15.8. The summed E-state index contributed by atoms with van der Waals surface area (Å²) in [6.07, 6.45) is 0.